The molecule has 8 nitrogen and oxygen atoms in total. The Morgan fingerprint density at radius 1 is 1.00 bits per heavy atom. The quantitative estimate of drug-likeness (QED) is 0.765. The number of hydrogen-bond acceptors (Lipinski definition) is 6. The second-order valence-corrected chi connectivity index (χ2v) is 7.27. The highest BCUT2D eigenvalue weighted by Gasteiger charge is 2.41. The summed E-state index contributed by atoms with van der Waals surface area (Å²) in [5.41, 5.74) is 0. The Kier molecular flexibility index (Phi) is 3.69. The third kappa shape index (κ3) is 2.65. The van der Waals surface area contributed by atoms with E-state index in [1.165, 1.54) is 12.7 Å². The maximum atomic E-state index is 12.9. The number of hydrogen-bond donors (Lipinski definition) is 0. The monoisotopic (exact) mass is 351 g/mol. The number of anilines is 1. The van der Waals surface area contributed by atoms with Crippen molar-refractivity contribution in [2.45, 2.75) is 12.8 Å². The van der Waals surface area contributed by atoms with Gasteiger partial charge in [-0.25, -0.2) is 19.6 Å². The minimum atomic E-state index is 0.203. The van der Waals surface area contributed by atoms with E-state index in [4.69, 9.17) is 0 Å². The minimum absolute atomic E-state index is 0.203. The van der Waals surface area contributed by atoms with Gasteiger partial charge in [0.05, 0.1) is 0 Å². The van der Waals surface area contributed by atoms with E-state index in [0.717, 1.165) is 38.4 Å². The van der Waals surface area contributed by atoms with Gasteiger partial charge in [0, 0.05) is 38.2 Å². The lowest BCUT2D eigenvalue weighted by atomic mass is 9.92. The van der Waals surface area contributed by atoms with E-state index >= 15 is 0 Å². The molecule has 3 atom stereocenters. The van der Waals surface area contributed by atoms with E-state index < -0.39 is 0 Å². The number of amides is 1. The highest BCUT2D eigenvalue weighted by molar-refractivity contribution is 5.80. The molecule has 3 heterocycles. The molecule has 134 valence electrons. The summed E-state index contributed by atoms with van der Waals surface area (Å²) in [5, 5.41) is 4.11. The third-order valence-corrected chi connectivity index (χ3v) is 5.80. The zero-order valence-electron chi connectivity index (χ0n) is 14.5. The minimum Gasteiger partial charge on any atom is -0.353 e. The molecule has 2 fully saturated rings. The van der Waals surface area contributed by atoms with Gasteiger partial charge in [-0.3, -0.25) is 4.79 Å². The van der Waals surface area contributed by atoms with Gasteiger partial charge in [-0.1, -0.05) is 12.2 Å². The van der Waals surface area contributed by atoms with Gasteiger partial charge >= 0.3 is 0 Å². The summed E-state index contributed by atoms with van der Waals surface area (Å²) in [6.07, 6.45) is 11.4. The average Bonchev–Trinajstić information content (AvgIpc) is 3.45. The smallest absolute Gasteiger partial charge is 0.226 e. The lowest BCUT2D eigenvalue weighted by Crippen LogP contribution is -2.51. The van der Waals surface area contributed by atoms with Crippen LogP contribution >= 0.6 is 0 Å². The van der Waals surface area contributed by atoms with E-state index in [-0.39, 0.29) is 5.92 Å². The van der Waals surface area contributed by atoms with Crippen molar-refractivity contribution in [3.05, 3.63) is 37.2 Å². The standard InChI is InChI=1S/C18H21N7O/c26-18(15-8-13-1-2-14(15)7-13)24-5-3-23(4-6-24)16-9-17(21-11-20-16)25-12-19-10-22-25/h1-2,9-15H,3-8H2. The van der Waals surface area contributed by atoms with Gasteiger partial charge in [0.15, 0.2) is 5.82 Å². The van der Waals surface area contributed by atoms with Crippen LogP contribution in [-0.2, 0) is 4.79 Å². The molecule has 0 N–H and O–H groups in total. The lowest BCUT2D eigenvalue weighted by molar-refractivity contribution is -0.136. The van der Waals surface area contributed by atoms with E-state index in [1.807, 2.05) is 11.0 Å². The number of rotatable bonds is 3. The number of fused-ring (bicyclic) bond motifs is 2. The fourth-order valence-electron chi connectivity index (χ4n) is 4.42. The molecule has 2 aromatic rings. The molecule has 26 heavy (non-hydrogen) atoms. The third-order valence-electron chi connectivity index (χ3n) is 5.80. The number of carbonyl (C=O) groups is 1. The Morgan fingerprint density at radius 2 is 1.85 bits per heavy atom. The summed E-state index contributed by atoms with van der Waals surface area (Å²) in [6.45, 7) is 3.07. The second-order valence-electron chi connectivity index (χ2n) is 7.27. The summed E-state index contributed by atoms with van der Waals surface area (Å²) < 4.78 is 1.62. The van der Waals surface area contributed by atoms with Crippen molar-refractivity contribution >= 4 is 11.7 Å². The topological polar surface area (TPSA) is 80.0 Å². The normalized spacial score (nSPS) is 27.3. The molecular weight excluding hydrogens is 330 g/mol. The van der Waals surface area contributed by atoms with E-state index in [0.29, 0.717) is 23.6 Å². The van der Waals surface area contributed by atoms with Crippen LogP contribution in [0.4, 0.5) is 5.82 Å². The molecular formula is C18H21N7O. The molecule has 1 aliphatic heterocycles. The Morgan fingerprint density at radius 3 is 2.54 bits per heavy atom. The first-order valence-electron chi connectivity index (χ1n) is 9.17. The zero-order valence-corrected chi connectivity index (χ0v) is 14.5. The molecule has 1 saturated heterocycles. The fraction of sp³-hybridized carbons (Fsp3) is 0.500. The lowest BCUT2D eigenvalue weighted by Gasteiger charge is -2.37. The van der Waals surface area contributed by atoms with Crippen molar-refractivity contribution in [1.29, 1.82) is 0 Å². The summed E-state index contributed by atoms with van der Waals surface area (Å²) in [7, 11) is 0. The van der Waals surface area contributed by atoms with E-state index in [1.54, 1.807) is 17.3 Å². The van der Waals surface area contributed by atoms with Crippen molar-refractivity contribution in [2.75, 3.05) is 31.1 Å². The average molecular weight is 351 g/mol. The first-order chi connectivity index (χ1) is 12.8. The van der Waals surface area contributed by atoms with Gasteiger partial charge in [-0.05, 0) is 24.7 Å². The Balaban J connectivity index is 1.24. The van der Waals surface area contributed by atoms with Gasteiger partial charge < -0.3 is 9.80 Å². The first-order valence-corrected chi connectivity index (χ1v) is 9.17. The molecule has 0 aromatic carbocycles. The molecule has 3 aliphatic rings. The highest BCUT2D eigenvalue weighted by atomic mass is 16.2. The molecule has 5 rings (SSSR count). The van der Waals surface area contributed by atoms with Crippen LogP contribution in [0, 0.1) is 17.8 Å². The van der Waals surface area contributed by atoms with Gasteiger partial charge in [0.25, 0.3) is 0 Å². The van der Waals surface area contributed by atoms with Crippen LogP contribution in [0.1, 0.15) is 12.8 Å². The van der Waals surface area contributed by atoms with Crippen LogP contribution in [0.5, 0.6) is 0 Å². The molecule has 2 aromatic heterocycles. The summed E-state index contributed by atoms with van der Waals surface area (Å²) in [4.78, 5) is 29.7. The summed E-state index contributed by atoms with van der Waals surface area (Å²) >= 11 is 0. The Labute approximate surface area is 151 Å². The summed E-state index contributed by atoms with van der Waals surface area (Å²) in [5.74, 6) is 3.20. The predicted molar refractivity (Wildman–Crippen MR) is 94.6 cm³/mol. The maximum absolute atomic E-state index is 12.9. The number of allylic oxidation sites excluding steroid dienone is 2. The van der Waals surface area contributed by atoms with Gasteiger partial charge in [-0.2, -0.15) is 5.10 Å². The maximum Gasteiger partial charge on any atom is 0.226 e. The van der Waals surface area contributed by atoms with Crippen LogP contribution in [0.2, 0.25) is 0 Å². The Hall–Kier alpha value is -2.77. The number of aromatic nitrogens is 5. The fourth-order valence-corrected chi connectivity index (χ4v) is 4.42. The van der Waals surface area contributed by atoms with Crippen LogP contribution in [0.3, 0.4) is 0 Å². The number of carbonyl (C=O) groups excluding carboxylic acids is 1. The van der Waals surface area contributed by atoms with Crippen molar-refractivity contribution in [1.82, 2.24) is 29.6 Å². The summed E-state index contributed by atoms with van der Waals surface area (Å²) in [6, 6.07) is 1.91. The van der Waals surface area contributed by atoms with E-state index in [2.05, 4.69) is 37.1 Å². The van der Waals surface area contributed by atoms with Crippen molar-refractivity contribution in [3.63, 3.8) is 0 Å². The van der Waals surface area contributed by atoms with Crippen molar-refractivity contribution in [2.24, 2.45) is 17.8 Å². The molecule has 1 saturated carbocycles. The molecule has 0 radical (unpaired) electrons. The molecule has 1 amide bonds. The van der Waals surface area contributed by atoms with Gasteiger partial charge in [0.1, 0.15) is 24.8 Å². The van der Waals surface area contributed by atoms with Crippen LogP contribution in [0.25, 0.3) is 5.82 Å². The molecule has 2 aliphatic carbocycles. The second kappa shape index (κ2) is 6.19. The van der Waals surface area contributed by atoms with Gasteiger partial charge in [0.2, 0.25) is 5.91 Å². The van der Waals surface area contributed by atoms with Crippen molar-refractivity contribution in [3.8, 4) is 5.82 Å². The SMILES string of the molecule is O=C(C1CC2C=CC1C2)N1CCN(c2cc(-n3cncn3)ncn2)CC1. The number of piperazine rings is 1. The molecule has 8 heteroatoms. The van der Waals surface area contributed by atoms with Crippen LogP contribution in [-0.4, -0.2) is 61.7 Å². The predicted octanol–water partition coefficient (Wildman–Crippen LogP) is 0.918. The van der Waals surface area contributed by atoms with Crippen LogP contribution < -0.4 is 4.90 Å². The highest BCUT2D eigenvalue weighted by Crippen LogP contribution is 2.44. The van der Waals surface area contributed by atoms with E-state index in [9.17, 15) is 4.79 Å². The molecule has 0 spiro atoms. The molecule has 2 bridgehead atoms. The largest absolute Gasteiger partial charge is 0.353 e. The first kappa shape index (κ1) is 15.5. The van der Waals surface area contributed by atoms with Crippen LogP contribution in [0.15, 0.2) is 37.2 Å². The molecule has 3 unspecified atom stereocenters. The van der Waals surface area contributed by atoms with Gasteiger partial charge in [-0.15, -0.1) is 0 Å². The Bertz CT molecular complexity index is 826. The number of nitrogens with zero attached hydrogens (tertiary/aromatic N) is 7. The van der Waals surface area contributed by atoms with Crippen molar-refractivity contribution < 1.29 is 4.79 Å². The zero-order chi connectivity index (χ0) is 17.5.